The molecular weight excluding hydrogens is 218 g/mol. The van der Waals surface area contributed by atoms with E-state index >= 15 is 0 Å². The Labute approximate surface area is 100 Å². The van der Waals surface area contributed by atoms with E-state index in [9.17, 15) is 15.0 Å². The van der Waals surface area contributed by atoms with Crippen LogP contribution in [0.1, 0.15) is 35.3 Å². The van der Waals surface area contributed by atoms with Gasteiger partial charge in [0, 0.05) is 6.54 Å². The van der Waals surface area contributed by atoms with Crippen LogP contribution in [0.25, 0.3) is 0 Å². The summed E-state index contributed by atoms with van der Waals surface area (Å²) in [6, 6.07) is 6.74. The molecule has 0 saturated carbocycles. The van der Waals surface area contributed by atoms with Gasteiger partial charge in [-0.25, -0.2) is 4.79 Å². The maximum atomic E-state index is 11.2. The van der Waals surface area contributed by atoms with Crippen LogP contribution >= 0.6 is 0 Å². The zero-order chi connectivity index (χ0) is 12.4. The fourth-order valence-corrected chi connectivity index (χ4v) is 2.55. The average molecular weight is 235 g/mol. The van der Waals surface area contributed by atoms with Gasteiger partial charge in [0.2, 0.25) is 0 Å². The molecule has 4 nitrogen and oxygen atoms in total. The lowest BCUT2D eigenvalue weighted by molar-refractivity contribution is 0.0688. The van der Waals surface area contributed by atoms with Crippen molar-refractivity contribution in [1.82, 2.24) is 4.90 Å². The molecule has 17 heavy (non-hydrogen) atoms. The number of hydrogen-bond acceptors (Lipinski definition) is 3. The van der Waals surface area contributed by atoms with E-state index in [1.165, 1.54) is 0 Å². The zero-order valence-corrected chi connectivity index (χ0v) is 9.84. The third kappa shape index (κ3) is 2.18. The first-order chi connectivity index (χ1) is 8.15. The van der Waals surface area contributed by atoms with Crippen LogP contribution in [0.3, 0.4) is 0 Å². The SMILES string of the molecule is CCN1CCC(O)C1c1ccccc1C(=O)O. The van der Waals surface area contributed by atoms with Crippen molar-refractivity contribution in [3.05, 3.63) is 35.4 Å². The highest BCUT2D eigenvalue weighted by atomic mass is 16.4. The van der Waals surface area contributed by atoms with Gasteiger partial charge in [0.1, 0.15) is 0 Å². The van der Waals surface area contributed by atoms with Gasteiger partial charge in [0.05, 0.1) is 17.7 Å². The zero-order valence-electron chi connectivity index (χ0n) is 9.84. The van der Waals surface area contributed by atoms with E-state index in [0.29, 0.717) is 12.0 Å². The Kier molecular flexibility index (Phi) is 3.45. The van der Waals surface area contributed by atoms with Crippen LogP contribution in [0.4, 0.5) is 0 Å². The molecule has 0 aliphatic carbocycles. The number of likely N-dealkylation sites (N-methyl/N-ethyl adjacent to an activating group) is 1. The summed E-state index contributed by atoms with van der Waals surface area (Å²) in [5, 5.41) is 19.2. The quantitative estimate of drug-likeness (QED) is 0.833. The predicted octanol–water partition coefficient (Wildman–Crippen LogP) is 1.51. The Bertz CT molecular complexity index is 419. The molecule has 1 aliphatic rings. The van der Waals surface area contributed by atoms with Crippen molar-refractivity contribution in [1.29, 1.82) is 0 Å². The van der Waals surface area contributed by atoms with Crippen molar-refractivity contribution in [2.45, 2.75) is 25.5 Å². The molecule has 0 spiro atoms. The molecule has 1 saturated heterocycles. The minimum atomic E-state index is -0.934. The molecule has 2 atom stereocenters. The van der Waals surface area contributed by atoms with Crippen molar-refractivity contribution in [3.63, 3.8) is 0 Å². The summed E-state index contributed by atoms with van der Waals surface area (Å²) < 4.78 is 0. The first-order valence-electron chi connectivity index (χ1n) is 5.89. The molecule has 0 aromatic heterocycles. The summed E-state index contributed by atoms with van der Waals surface area (Å²) in [7, 11) is 0. The lowest BCUT2D eigenvalue weighted by Gasteiger charge is -2.26. The third-order valence-corrected chi connectivity index (χ3v) is 3.39. The van der Waals surface area contributed by atoms with Gasteiger partial charge in [-0.2, -0.15) is 0 Å². The van der Waals surface area contributed by atoms with Gasteiger partial charge in [0.25, 0.3) is 0 Å². The molecule has 1 heterocycles. The largest absolute Gasteiger partial charge is 0.478 e. The van der Waals surface area contributed by atoms with Crippen molar-refractivity contribution < 1.29 is 15.0 Å². The fourth-order valence-electron chi connectivity index (χ4n) is 2.55. The summed E-state index contributed by atoms with van der Waals surface area (Å²) in [6.45, 7) is 3.65. The lowest BCUT2D eigenvalue weighted by atomic mass is 9.97. The topological polar surface area (TPSA) is 60.8 Å². The van der Waals surface area contributed by atoms with E-state index in [0.717, 1.165) is 13.1 Å². The third-order valence-electron chi connectivity index (χ3n) is 3.39. The monoisotopic (exact) mass is 235 g/mol. The van der Waals surface area contributed by atoms with E-state index in [4.69, 9.17) is 0 Å². The summed E-state index contributed by atoms with van der Waals surface area (Å²) >= 11 is 0. The van der Waals surface area contributed by atoms with Crippen LogP contribution in [-0.4, -0.2) is 40.3 Å². The second-order valence-electron chi connectivity index (χ2n) is 4.32. The summed E-state index contributed by atoms with van der Waals surface area (Å²) in [5.41, 5.74) is 1.00. The standard InChI is InChI=1S/C13H17NO3/c1-2-14-8-7-11(15)12(14)9-5-3-4-6-10(9)13(16)17/h3-6,11-12,15H,2,7-8H2,1H3,(H,16,17). The minimum absolute atomic E-state index is 0.188. The maximum absolute atomic E-state index is 11.2. The average Bonchev–Trinajstić information content (AvgIpc) is 2.70. The molecule has 2 rings (SSSR count). The minimum Gasteiger partial charge on any atom is -0.478 e. The first kappa shape index (κ1) is 12.1. The van der Waals surface area contributed by atoms with Crippen LogP contribution in [0.5, 0.6) is 0 Å². The number of carboxylic acids is 1. The summed E-state index contributed by atoms with van der Waals surface area (Å²) in [5.74, 6) is -0.934. The number of carboxylic acid groups (broad SMARTS) is 1. The second kappa shape index (κ2) is 4.85. The predicted molar refractivity (Wildman–Crippen MR) is 64.0 cm³/mol. The van der Waals surface area contributed by atoms with Gasteiger partial charge in [-0.15, -0.1) is 0 Å². The highest BCUT2D eigenvalue weighted by molar-refractivity contribution is 5.89. The number of carbonyl (C=O) groups is 1. The van der Waals surface area contributed by atoms with Crippen molar-refractivity contribution in [2.75, 3.05) is 13.1 Å². The van der Waals surface area contributed by atoms with E-state index in [1.807, 2.05) is 13.0 Å². The van der Waals surface area contributed by atoms with Gasteiger partial charge in [0.15, 0.2) is 0 Å². The Morgan fingerprint density at radius 3 is 2.82 bits per heavy atom. The normalized spacial score (nSPS) is 25.1. The van der Waals surface area contributed by atoms with Crippen LogP contribution < -0.4 is 0 Å². The van der Waals surface area contributed by atoms with E-state index < -0.39 is 12.1 Å². The molecule has 0 amide bonds. The molecule has 2 unspecified atom stereocenters. The van der Waals surface area contributed by atoms with Crippen LogP contribution in [0.15, 0.2) is 24.3 Å². The van der Waals surface area contributed by atoms with Gasteiger partial charge in [-0.05, 0) is 24.6 Å². The molecule has 1 aliphatic heterocycles. The molecule has 4 heteroatoms. The van der Waals surface area contributed by atoms with Crippen molar-refractivity contribution in [2.24, 2.45) is 0 Å². The van der Waals surface area contributed by atoms with Crippen molar-refractivity contribution >= 4 is 5.97 Å². The Morgan fingerprint density at radius 1 is 1.47 bits per heavy atom. The summed E-state index contributed by atoms with van der Waals surface area (Å²) in [4.78, 5) is 13.3. The number of aromatic carboxylic acids is 1. The number of likely N-dealkylation sites (tertiary alicyclic amines) is 1. The molecule has 2 N–H and O–H groups in total. The number of aliphatic hydroxyl groups is 1. The number of benzene rings is 1. The lowest BCUT2D eigenvalue weighted by Crippen LogP contribution is -2.28. The number of nitrogens with zero attached hydrogens (tertiary/aromatic N) is 1. The highest BCUT2D eigenvalue weighted by Crippen LogP contribution is 2.33. The number of aliphatic hydroxyl groups excluding tert-OH is 1. The van der Waals surface area contributed by atoms with Crippen LogP contribution in [0.2, 0.25) is 0 Å². The van der Waals surface area contributed by atoms with Crippen molar-refractivity contribution in [3.8, 4) is 0 Å². The Morgan fingerprint density at radius 2 is 2.18 bits per heavy atom. The molecular formula is C13H17NO3. The molecule has 1 aromatic carbocycles. The van der Waals surface area contributed by atoms with Crippen LogP contribution in [0, 0.1) is 0 Å². The summed E-state index contributed by atoms with van der Waals surface area (Å²) in [6.07, 6.45) is 0.224. The van der Waals surface area contributed by atoms with Gasteiger partial charge >= 0.3 is 5.97 Å². The molecule has 1 aromatic rings. The highest BCUT2D eigenvalue weighted by Gasteiger charge is 2.35. The Balaban J connectivity index is 2.41. The number of rotatable bonds is 3. The van der Waals surface area contributed by atoms with E-state index in [-0.39, 0.29) is 11.6 Å². The van der Waals surface area contributed by atoms with Gasteiger partial charge < -0.3 is 10.2 Å². The van der Waals surface area contributed by atoms with Gasteiger partial charge in [-0.1, -0.05) is 25.1 Å². The molecule has 1 fully saturated rings. The van der Waals surface area contributed by atoms with E-state index in [1.54, 1.807) is 18.2 Å². The molecule has 92 valence electrons. The molecule has 0 bridgehead atoms. The first-order valence-corrected chi connectivity index (χ1v) is 5.89. The number of hydrogen-bond donors (Lipinski definition) is 2. The Hall–Kier alpha value is -1.39. The van der Waals surface area contributed by atoms with E-state index in [2.05, 4.69) is 4.90 Å². The fraction of sp³-hybridized carbons (Fsp3) is 0.462. The maximum Gasteiger partial charge on any atom is 0.336 e. The van der Waals surface area contributed by atoms with Gasteiger partial charge in [-0.3, -0.25) is 4.90 Å². The van der Waals surface area contributed by atoms with Crippen LogP contribution in [-0.2, 0) is 0 Å². The second-order valence-corrected chi connectivity index (χ2v) is 4.32. The smallest absolute Gasteiger partial charge is 0.336 e. The molecule has 0 radical (unpaired) electrons.